The predicted molar refractivity (Wildman–Crippen MR) is 152 cm³/mol. The van der Waals surface area contributed by atoms with Gasteiger partial charge in [0.2, 0.25) is 0 Å². The van der Waals surface area contributed by atoms with E-state index >= 15 is 0 Å². The molecule has 1 fully saturated rings. The molecule has 200 valence electrons. The molecule has 4 aromatic rings. The van der Waals surface area contributed by atoms with Crippen LogP contribution in [-0.2, 0) is 5.54 Å². The van der Waals surface area contributed by atoms with Crippen molar-refractivity contribution in [1.82, 2.24) is 25.1 Å². The maximum Gasteiger partial charge on any atom is 0.181 e. The smallest absolute Gasteiger partial charge is 0.181 e. The maximum atomic E-state index is 13.4. The number of aromatic amines is 1. The zero-order valence-electron chi connectivity index (χ0n) is 21.5. The van der Waals surface area contributed by atoms with Crippen molar-refractivity contribution < 1.29 is 9.53 Å². The lowest BCUT2D eigenvalue weighted by Crippen LogP contribution is -2.46. The molecule has 0 aliphatic carbocycles. The molecule has 1 atom stereocenters. The van der Waals surface area contributed by atoms with Gasteiger partial charge >= 0.3 is 0 Å². The number of hydrogen-bond acceptors (Lipinski definition) is 7. The van der Waals surface area contributed by atoms with Gasteiger partial charge in [0.15, 0.2) is 17.4 Å². The number of benzene rings is 2. The highest BCUT2D eigenvalue weighted by Crippen LogP contribution is 2.43. The van der Waals surface area contributed by atoms with Crippen LogP contribution in [-0.4, -0.2) is 57.6 Å². The van der Waals surface area contributed by atoms with Gasteiger partial charge in [-0.2, -0.15) is 5.10 Å². The van der Waals surface area contributed by atoms with Crippen molar-refractivity contribution in [2.45, 2.75) is 30.7 Å². The van der Waals surface area contributed by atoms with Gasteiger partial charge in [-0.3, -0.25) is 14.9 Å². The van der Waals surface area contributed by atoms with Gasteiger partial charge in [-0.25, -0.2) is 4.98 Å². The first-order valence-electron chi connectivity index (χ1n) is 13.0. The van der Waals surface area contributed by atoms with E-state index in [2.05, 4.69) is 32.4 Å². The standard InChI is InChI=1S/C29H28Cl2N6O2/c1-37-11-7-29(8-12-37,28-33-27(35-36-28)18-5-9-32-10-6-18)34-22-4-2-3-19(13-22)25(38)14-20-17-39-26-23(20)15-21(30)16-24(26)31/h2-6,9-10,13,15-16,20,34H,7-8,11-12,14,17H2,1H3,(H,33,35,36)/t20-/m0/s1. The van der Waals surface area contributed by atoms with Gasteiger partial charge in [0.25, 0.3) is 0 Å². The minimum atomic E-state index is -0.446. The molecule has 2 aliphatic heterocycles. The highest BCUT2D eigenvalue weighted by Gasteiger charge is 2.39. The van der Waals surface area contributed by atoms with Crippen LogP contribution >= 0.6 is 23.2 Å². The third-order valence-corrected chi connectivity index (χ3v) is 8.12. The number of likely N-dealkylation sites (tertiary alicyclic amines) is 1. The van der Waals surface area contributed by atoms with E-state index in [-0.39, 0.29) is 11.7 Å². The second kappa shape index (κ2) is 10.6. The van der Waals surface area contributed by atoms with E-state index in [4.69, 9.17) is 32.9 Å². The summed E-state index contributed by atoms with van der Waals surface area (Å²) in [4.78, 5) is 24.7. The van der Waals surface area contributed by atoms with E-state index in [1.165, 1.54) is 0 Å². The third-order valence-electron chi connectivity index (χ3n) is 7.62. The summed E-state index contributed by atoms with van der Waals surface area (Å²) in [6.07, 6.45) is 5.45. The molecule has 0 saturated carbocycles. The number of anilines is 1. The Bertz CT molecular complexity index is 1500. The lowest BCUT2D eigenvalue weighted by atomic mass is 9.86. The topological polar surface area (TPSA) is 96.0 Å². The monoisotopic (exact) mass is 562 g/mol. The molecule has 6 rings (SSSR count). The molecule has 0 unspecified atom stereocenters. The number of ether oxygens (including phenoxy) is 1. The summed E-state index contributed by atoms with van der Waals surface area (Å²) in [6, 6.07) is 15.0. The Balaban J connectivity index is 1.24. The summed E-state index contributed by atoms with van der Waals surface area (Å²) in [5, 5.41) is 12.4. The Hall–Kier alpha value is -3.46. The Morgan fingerprint density at radius 1 is 1.15 bits per heavy atom. The van der Waals surface area contributed by atoms with Gasteiger partial charge in [0, 0.05) is 65.2 Å². The highest BCUT2D eigenvalue weighted by molar-refractivity contribution is 6.35. The van der Waals surface area contributed by atoms with E-state index in [1.807, 2.05) is 42.5 Å². The Morgan fingerprint density at radius 3 is 2.74 bits per heavy atom. The highest BCUT2D eigenvalue weighted by atomic mass is 35.5. The van der Waals surface area contributed by atoms with Gasteiger partial charge < -0.3 is 15.0 Å². The summed E-state index contributed by atoms with van der Waals surface area (Å²) in [7, 11) is 2.12. The molecule has 2 N–H and O–H groups in total. The summed E-state index contributed by atoms with van der Waals surface area (Å²) in [5.41, 5.74) is 2.85. The third kappa shape index (κ3) is 5.24. The van der Waals surface area contributed by atoms with Crippen molar-refractivity contribution in [3.05, 3.63) is 87.9 Å². The van der Waals surface area contributed by atoms with Gasteiger partial charge in [-0.1, -0.05) is 35.3 Å². The minimum absolute atomic E-state index is 0.0354. The molecule has 8 nitrogen and oxygen atoms in total. The summed E-state index contributed by atoms with van der Waals surface area (Å²) in [5.74, 6) is 1.98. The first-order chi connectivity index (χ1) is 18.9. The Labute approximate surface area is 236 Å². The molecule has 0 radical (unpaired) electrons. The van der Waals surface area contributed by atoms with E-state index in [0.717, 1.165) is 48.6 Å². The van der Waals surface area contributed by atoms with Crippen molar-refractivity contribution in [2.75, 3.05) is 32.1 Å². The number of pyridine rings is 1. The number of carbonyl (C=O) groups excluding carboxylic acids is 1. The molecule has 10 heteroatoms. The number of halogens is 2. The number of aromatic nitrogens is 4. The Morgan fingerprint density at radius 2 is 1.95 bits per heavy atom. The zero-order chi connectivity index (χ0) is 27.0. The molecule has 0 spiro atoms. The molecule has 4 heterocycles. The van der Waals surface area contributed by atoms with Crippen molar-refractivity contribution in [3.8, 4) is 17.1 Å². The number of ketones is 1. The van der Waals surface area contributed by atoms with Gasteiger partial charge in [-0.15, -0.1) is 0 Å². The molecule has 2 aromatic heterocycles. The largest absolute Gasteiger partial charge is 0.491 e. The SMILES string of the molecule is CN1CCC(Nc2cccc(C(=O)C[C@H]3COc4c(Cl)cc(Cl)cc43)c2)(c2nc(-c3ccncc3)n[nH]2)CC1. The van der Waals surface area contributed by atoms with Crippen molar-refractivity contribution >= 4 is 34.7 Å². The van der Waals surface area contributed by atoms with Gasteiger partial charge in [0.1, 0.15) is 5.75 Å². The second-order valence-corrected chi connectivity index (χ2v) is 11.1. The number of hydrogen-bond donors (Lipinski definition) is 2. The van der Waals surface area contributed by atoms with Crippen molar-refractivity contribution in [2.24, 2.45) is 0 Å². The molecule has 0 amide bonds. The van der Waals surface area contributed by atoms with Crippen LogP contribution in [0.1, 0.15) is 46.9 Å². The molecule has 1 saturated heterocycles. The van der Waals surface area contributed by atoms with Crippen LogP contribution in [0.5, 0.6) is 5.75 Å². The molecular weight excluding hydrogens is 535 g/mol. The quantitative estimate of drug-likeness (QED) is 0.268. The average molecular weight is 563 g/mol. The first-order valence-corrected chi connectivity index (χ1v) is 13.7. The van der Waals surface area contributed by atoms with Gasteiger partial charge in [0.05, 0.1) is 17.2 Å². The van der Waals surface area contributed by atoms with Crippen LogP contribution in [0.3, 0.4) is 0 Å². The number of carbonyl (C=O) groups is 1. The fourth-order valence-corrected chi connectivity index (χ4v) is 5.96. The lowest BCUT2D eigenvalue weighted by molar-refractivity contribution is 0.0969. The molecule has 0 bridgehead atoms. The van der Waals surface area contributed by atoms with E-state index in [0.29, 0.717) is 40.2 Å². The summed E-state index contributed by atoms with van der Waals surface area (Å²) in [6.45, 7) is 2.22. The number of H-pyrrole nitrogens is 1. The number of rotatable bonds is 7. The minimum Gasteiger partial charge on any atom is -0.491 e. The fraction of sp³-hybridized carbons (Fsp3) is 0.310. The lowest BCUT2D eigenvalue weighted by Gasteiger charge is -2.40. The molecule has 2 aliphatic rings. The maximum absolute atomic E-state index is 13.4. The van der Waals surface area contributed by atoms with E-state index < -0.39 is 5.54 Å². The number of nitrogens with one attached hydrogen (secondary N) is 2. The number of fused-ring (bicyclic) bond motifs is 1. The van der Waals surface area contributed by atoms with E-state index in [1.54, 1.807) is 18.5 Å². The second-order valence-electron chi connectivity index (χ2n) is 10.3. The van der Waals surface area contributed by atoms with Crippen LogP contribution in [0.2, 0.25) is 10.0 Å². The van der Waals surface area contributed by atoms with Crippen LogP contribution in [0, 0.1) is 0 Å². The molecule has 2 aromatic carbocycles. The van der Waals surface area contributed by atoms with Crippen molar-refractivity contribution in [3.63, 3.8) is 0 Å². The average Bonchev–Trinajstić information content (AvgIpc) is 3.60. The zero-order valence-corrected chi connectivity index (χ0v) is 23.0. The normalized spacial score (nSPS) is 18.4. The summed E-state index contributed by atoms with van der Waals surface area (Å²) >= 11 is 12.5. The van der Waals surface area contributed by atoms with Crippen LogP contribution in [0.4, 0.5) is 5.69 Å². The van der Waals surface area contributed by atoms with Crippen LogP contribution in [0.15, 0.2) is 60.9 Å². The summed E-state index contributed by atoms with van der Waals surface area (Å²) < 4.78 is 5.78. The fourth-order valence-electron chi connectivity index (χ4n) is 5.39. The molecular formula is C29H28Cl2N6O2. The first kappa shape index (κ1) is 25.8. The van der Waals surface area contributed by atoms with Crippen molar-refractivity contribution in [1.29, 1.82) is 0 Å². The number of Topliss-reactive ketones (excluding diaryl/α,β-unsaturated/α-hetero) is 1. The number of piperidine rings is 1. The van der Waals surface area contributed by atoms with Crippen LogP contribution in [0.25, 0.3) is 11.4 Å². The predicted octanol–water partition coefficient (Wildman–Crippen LogP) is 5.96. The van der Waals surface area contributed by atoms with Gasteiger partial charge in [-0.05, 0) is 56.3 Å². The van der Waals surface area contributed by atoms with Crippen LogP contribution < -0.4 is 10.1 Å². The van der Waals surface area contributed by atoms with E-state index in [9.17, 15) is 4.79 Å². The Kier molecular flexibility index (Phi) is 7.01. The molecule has 39 heavy (non-hydrogen) atoms. The number of nitrogens with zero attached hydrogens (tertiary/aromatic N) is 4.